The minimum absolute atomic E-state index is 0.262. The Bertz CT molecular complexity index is 614. The van der Waals surface area contributed by atoms with E-state index < -0.39 is 6.10 Å². The number of aliphatic hydroxyl groups excluding tert-OH is 1. The van der Waals surface area contributed by atoms with E-state index in [4.69, 9.17) is 16.3 Å². The summed E-state index contributed by atoms with van der Waals surface area (Å²) >= 11 is 6.56. The lowest BCUT2D eigenvalue weighted by atomic mass is 10.1. The van der Waals surface area contributed by atoms with Gasteiger partial charge in [0.05, 0.1) is 24.1 Å². The fourth-order valence-electron chi connectivity index (χ4n) is 2.43. The topological polar surface area (TPSA) is 59.3 Å². The summed E-state index contributed by atoms with van der Waals surface area (Å²) in [4.78, 5) is 0. The van der Waals surface area contributed by atoms with E-state index >= 15 is 0 Å². The molecule has 5 nitrogen and oxygen atoms in total. The summed E-state index contributed by atoms with van der Waals surface area (Å²) in [5, 5.41) is 18.2. The van der Waals surface area contributed by atoms with E-state index in [0.29, 0.717) is 24.8 Å². The summed E-state index contributed by atoms with van der Waals surface area (Å²) in [5.74, 6) is 0.262. The fourth-order valence-corrected chi connectivity index (χ4v) is 2.73. The van der Waals surface area contributed by atoms with Crippen LogP contribution >= 0.6 is 11.6 Å². The van der Waals surface area contributed by atoms with Crippen LogP contribution in [0.15, 0.2) is 30.3 Å². The molecule has 0 aliphatic carbocycles. The number of para-hydroxylation sites is 1. The third-order valence-corrected chi connectivity index (χ3v) is 3.93. The Hall–Kier alpha value is -1.40. The first-order chi connectivity index (χ1) is 11.0. The second-order valence-corrected chi connectivity index (χ2v) is 6.15. The van der Waals surface area contributed by atoms with Crippen molar-refractivity contribution in [3.05, 3.63) is 46.7 Å². The molecule has 1 atom stereocenters. The maximum absolute atomic E-state index is 9.72. The van der Waals surface area contributed by atoms with Gasteiger partial charge in [0.25, 0.3) is 0 Å². The minimum atomic E-state index is -0.537. The van der Waals surface area contributed by atoms with Gasteiger partial charge in [0, 0.05) is 25.8 Å². The van der Waals surface area contributed by atoms with Crippen molar-refractivity contribution in [1.82, 2.24) is 15.1 Å². The normalized spacial score (nSPS) is 12.8. The Morgan fingerprint density at radius 2 is 2.00 bits per heavy atom. The third-order valence-electron chi connectivity index (χ3n) is 3.54. The molecule has 0 radical (unpaired) electrons. The van der Waals surface area contributed by atoms with Crippen molar-refractivity contribution in [2.75, 3.05) is 20.3 Å². The molecule has 0 saturated carbocycles. The molecule has 1 heterocycles. The average Bonchev–Trinajstić information content (AvgIpc) is 2.86. The Kier molecular flexibility index (Phi) is 6.59. The number of aromatic nitrogens is 2. The number of ether oxygens (including phenoxy) is 1. The van der Waals surface area contributed by atoms with Gasteiger partial charge in [0.2, 0.25) is 0 Å². The monoisotopic (exact) mass is 337 g/mol. The van der Waals surface area contributed by atoms with E-state index in [1.54, 1.807) is 11.8 Å². The van der Waals surface area contributed by atoms with Crippen LogP contribution in [0, 0.1) is 0 Å². The number of nitrogens with one attached hydrogen (secondary N) is 1. The van der Waals surface area contributed by atoms with Crippen LogP contribution in [0.4, 0.5) is 0 Å². The molecule has 2 N–H and O–H groups in total. The highest BCUT2D eigenvalue weighted by molar-refractivity contribution is 6.30. The van der Waals surface area contributed by atoms with Crippen molar-refractivity contribution < 1.29 is 9.84 Å². The van der Waals surface area contributed by atoms with E-state index in [0.717, 1.165) is 16.9 Å². The van der Waals surface area contributed by atoms with Crippen LogP contribution in [0.2, 0.25) is 5.15 Å². The quantitative estimate of drug-likeness (QED) is 0.777. The lowest BCUT2D eigenvalue weighted by Gasteiger charge is -2.11. The van der Waals surface area contributed by atoms with Gasteiger partial charge in [-0.05, 0) is 18.1 Å². The van der Waals surface area contributed by atoms with Crippen molar-refractivity contribution in [2.45, 2.75) is 32.4 Å². The van der Waals surface area contributed by atoms with Crippen molar-refractivity contribution in [3.63, 3.8) is 0 Å². The van der Waals surface area contributed by atoms with Crippen LogP contribution in [-0.4, -0.2) is 41.3 Å². The van der Waals surface area contributed by atoms with Crippen LogP contribution in [0.3, 0.4) is 0 Å². The molecule has 6 heteroatoms. The number of nitrogens with zero attached hydrogens (tertiary/aromatic N) is 2. The first kappa shape index (κ1) is 17.9. The highest BCUT2D eigenvalue weighted by Crippen LogP contribution is 2.28. The molecular formula is C17H24ClN3O2. The first-order valence-corrected chi connectivity index (χ1v) is 8.12. The molecule has 0 saturated heterocycles. The molecule has 0 bridgehead atoms. The summed E-state index contributed by atoms with van der Waals surface area (Å²) in [6, 6.07) is 9.83. The van der Waals surface area contributed by atoms with Crippen LogP contribution < -0.4 is 5.32 Å². The Morgan fingerprint density at radius 1 is 1.30 bits per heavy atom. The Balaban J connectivity index is 2.19. The zero-order valence-electron chi connectivity index (χ0n) is 13.8. The van der Waals surface area contributed by atoms with Gasteiger partial charge in [-0.25, -0.2) is 4.68 Å². The average molecular weight is 338 g/mol. The van der Waals surface area contributed by atoms with Crippen molar-refractivity contribution in [2.24, 2.45) is 0 Å². The van der Waals surface area contributed by atoms with E-state index in [-0.39, 0.29) is 5.92 Å². The second-order valence-electron chi connectivity index (χ2n) is 5.80. The van der Waals surface area contributed by atoms with E-state index in [9.17, 15) is 5.11 Å². The fraction of sp³-hybridized carbons (Fsp3) is 0.471. The molecule has 0 spiro atoms. The molecule has 1 unspecified atom stereocenters. The maximum atomic E-state index is 9.72. The second kappa shape index (κ2) is 8.45. The van der Waals surface area contributed by atoms with Gasteiger partial charge >= 0.3 is 0 Å². The molecule has 0 aliphatic heterocycles. The molecule has 0 aliphatic rings. The highest BCUT2D eigenvalue weighted by Gasteiger charge is 2.19. The minimum Gasteiger partial charge on any atom is -0.389 e. The van der Waals surface area contributed by atoms with Crippen molar-refractivity contribution >= 4 is 11.6 Å². The SMILES string of the molecule is COCC(O)CNCc1c(C(C)C)nn(-c2ccccc2)c1Cl. The van der Waals surface area contributed by atoms with Gasteiger partial charge in [0.15, 0.2) is 0 Å². The molecule has 23 heavy (non-hydrogen) atoms. The molecule has 1 aromatic carbocycles. The van der Waals surface area contributed by atoms with Gasteiger partial charge in [-0.1, -0.05) is 43.6 Å². The molecule has 126 valence electrons. The molecular weight excluding hydrogens is 314 g/mol. The summed E-state index contributed by atoms with van der Waals surface area (Å²) < 4.78 is 6.68. The van der Waals surface area contributed by atoms with E-state index in [1.165, 1.54) is 0 Å². The third kappa shape index (κ3) is 4.54. The zero-order chi connectivity index (χ0) is 16.8. The summed E-state index contributed by atoms with van der Waals surface area (Å²) in [6.45, 7) is 5.49. The lowest BCUT2D eigenvalue weighted by molar-refractivity contribution is 0.0644. The number of aliphatic hydroxyl groups is 1. The van der Waals surface area contributed by atoms with Crippen LogP contribution in [0.5, 0.6) is 0 Å². The molecule has 2 aromatic rings. The molecule has 1 aromatic heterocycles. The number of halogens is 1. The number of hydrogen-bond donors (Lipinski definition) is 2. The Morgan fingerprint density at radius 3 is 2.61 bits per heavy atom. The Labute approximate surface area is 142 Å². The largest absolute Gasteiger partial charge is 0.389 e. The molecule has 2 rings (SSSR count). The van der Waals surface area contributed by atoms with E-state index in [1.807, 2.05) is 30.3 Å². The van der Waals surface area contributed by atoms with Crippen LogP contribution in [0.25, 0.3) is 5.69 Å². The van der Waals surface area contributed by atoms with E-state index in [2.05, 4.69) is 24.3 Å². The predicted molar refractivity (Wildman–Crippen MR) is 92.3 cm³/mol. The van der Waals surface area contributed by atoms with Gasteiger partial charge in [-0.2, -0.15) is 5.10 Å². The predicted octanol–water partition coefficient (Wildman–Crippen LogP) is 2.75. The standard InChI is InChI=1S/C17H24ClN3O2/c1-12(2)16-15(10-19-9-14(22)11-23-3)17(18)21(20-16)13-7-5-4-6-8-13/h4-8,12,14,19,22H,9-11H2,1-3H3. The van der Waals surface area contributed by atoms with Gasteiger partial charge in [-0.15, -0.1) is 0 Å². The van der Waals surface area contributed by atoms with Gasteiger partial charge < -0.3 is 15.2 Å². The van der Waals surface area contributed by atoms with Crippen molar-refractivity contribution in [3.8, 4) is 5.69 Å². The number of rotatable bonds is 8. The van der Waals surface area contributed by atoms with Crippen LogP contribution in [-0.2, 0) is 11.3 Å². The lowest BCUT2D eigenvalue weighted by Crippen LogP contribution is -2.30. The summed E-state index contributed by atoms with van der Waals surface area (Å²) in [7, 11) is 1.57. The van der Waals surface area contributed by atoms with Gasteiger partial charge in [-0.3, -0.25) is 0 Å². The smallest absolute Gasteiger partial charge is 0.137 e. The van der Waals surface area contributed by atoms with Crippen molar-refractivity contribution in [1.29, 1.82) is 0 Å². The number of benzene rings is 1. The number of hydrogen-bond acceptors (Lipinski definition) is 4. The molecule has 0 fully saturated rings. The maximum Gasteiger partial charge on any atom is 0.137 e. The first-order valence-electron chi connectivity index (χ1n) is 7.75. The summed E-state index contributed by atoms with van der Waals surface area (Å²) in [6.07, 6.45) is -0.537. The highest BCUT2D eigenvalue weighted by atomic mass is 35.5. The van der Waals surface area contributed by atoms with Crippen LogP contribution in [0.1, 0.15) is 31.0 Å². The number of methoxy groups -OCH3 is 1. The van der Waals surface area contributed by atoms with Gasteiger partial charge in [0.1, 0.15) is 5.15 Å². The summed E-state index contributed by atoms with van der Waals surface area (Å²) in [5.41, 5.74) is 2.87. The zero-order valence-corrected chi connectivity index (χ0v) is 14.5. The molecule has 0 amide bonds.